The van der Waals surface area contributed by atoms with Crippen molar-refractivity contribution in [1.82, 2.24) is 0 Å². The van der Waals surface area contributed by atoms with Crippen LogP contribution in [0.2, 0.25) is 0 Å². The summed E-state index contributed by atoms with van der Waals surface area (Å²) in [4.78, 5) is 0. The van der Waals surface area contributed by atoms with E-state index in [1.54, 1.807) is 0 Å². The largest absolute Gasteiger partial charge is 0.0888 e. The van der Waals surface area contributed by atoms with E-state index in [2.05, 4.69) is 39.8 Å². The molecule has 0 spiro atoms. The zero-order valence-corrected chi connectivity index (χ0v) is 10.1. The van der Waals surface area contributed by atoms with Crippen molar-refractivity contribution >= 4 is 0 Å². The van der Waals surface area contributed by atoms with Gasteiger partial charge in [0, 0.05) is 0 Å². The van der Waals surface area contributed by atoms with Crippen molar-refractivity contribution in [3.05, 3.63) is 12.2 Å². The van der Waals surface area contributed by atoms with E-state index in [4.69, 9.17) is 0 Å². The molecule has 0 aliphatic rings. The van der Waals surface area contributed by atoms with Gasteiger partial charge in [-0.05, 0) is 12.8 Å². The van der Waals surface area contributed by atoms with E-state index < -0.39 is 0 Å². The summed E-state index contributed by atoms with van der Waals surface area (Å²) < 4.78 is 0. The Morgan fingerprint density at radius 1 is 0.615 bits per heavy atom. The van der Waals surface area contributed by atoms with Crippen LogP contribution in [0.5, 0.6) is 0 Å². The highest BCUT2D eigenvalue weighted by atomic mass is 13.9. The van der Waals surface area contributed by atoms with Crippen LogP contribution in [0, 0.1) is 0 Å². The summed E-state index contributed by atoms with van der Waals surface area (Å²) in [5.74, 6) is 0. The van der Waals surface area contributed by atoms with Gasteiger partial charge in [0.25, 0.3) is 0 Å². The second-order valence-electron chi connectivity index (χ2n) is 3.35. The molecule has 0 heterocycles. The summed E-state index contributed by atoms with van der Waals surface area (Å²) in [6.07, 6.45) is 13.7. The fraction of sp³-hybridized carbons (Fsp3) is 0.846. The molecule has 0 aromatic heterocycles. The second-order valence-corrected chi connectivity index (χ2v) is 3.35. The second kappa shape index (κ2) is 17.7. The minimum atomic E-state index is 1.17. The molecule has 0 nitrogen and oxygen atoms in total. The minimum absolute atomic E-state index is 1.17. The molecule has 0 aromatic rings. The van der Waals surface area contributed by atoms with Gasteiger partial charge in [0.15, 0.2) is 0 Å². The summed E-state index contributed by atoms with van der Waals surface area (Å²) >= 11 is 0. The Morgan fingerprint density at radius 3 is 1.23 bits per heavy atom. The molecular weight excluding hydrogens is 156 g/mol. The quantitative estimate of drug-likeness (QED) is 0.386. The normalized spacial score (nSPS) is 9.85. The molecular formula is C13H28. The molecule has 0 atom stereocenters. The zero-order valence-electron chi connectivity index (χ0n) is 10.1. The summed E-state index contributed by atoms with van der Waals surface area (Å²) in [6.45, 7) is 8.78. The average molecular weight is 184 g/mol. The third-order valence-corrected chi connectivity index (χ3v) is 1.85. The first-order chi connectivity index (χ1) is 6.33. The summed E-state index contributed by atoms with van der Waals surface area (Å²) in [5, 5.41) is 0. The van der Waals surface area contributed by atoms with Crippen molar-refractivity contribution in [2.24, 2.45) is 0 Å². The predicted octanol–water partition coefficient (Wildman–Crippen LogP) is 5.34. The van der Waals surface area contributed by atoms with Crippen molar-refractivity contribution in [2.75, 3.05) is 0 Å². The first kappa shape index (κ1) is 15.2. The van der Waals surface area contributed by atoms with Crippen LogP contribution in [0.3, 0.4) is 0 Å². The van der Waals surface area contributed by atoms with Crippen LogP contribution in [0.4, 0.5) is 0 Å². The van der Waals surface area contributed by atoms with Crippen LogP contribution < -0.4 is 0 Å². The Balaban J connectivity index is 0. The highest BCUT2D eigenvalue weighted by Gasteiger charge is 1.80. The lowest BCUT2D eigenvalue weighted by molar-refractivity contribution is 0.656. The molecule has 0 aromatic carbocycles. The van der Waals surface area contributed by atoms with Gasteiger partial charge in [-0.25, -0.2) is 0 Å². The van der Waals surface area contributed by atoms with Crippen molar-refractivity contribution in [2.45, 2.75) is 72.6 Å². The average Bonchev–Trinajstić information content (AvgIpc) is 2.17. The molecule has 13 heavy (non-hydrogen) atoms. The van der Waals surface area contributed by atoms with Crippen molar-refractivity contribution in [1.29, 1.82) is 0 Å². The van der Waals surface area contributed by atoms with Crippen LogP contribution in [0.1, 0.15) is 72.6 Å². The third kappa shape index (κ3) is 24.5. The first-order valence-corrected chi connectivity index (χ1v) is 5.98. The van der Waals surface area contributed by atoms with Gasteiger partial charge in [0.1, 0.15) is 0 Å². The number of hydrogen-bond acceptors (Lipinski definition) is 0. The molecule has 0 aliphatic heterocycles. The highest BCUT2D eigenvalue weighted by Crippen LogP contribution is 2.00. The summed E-state index contributed by atoms with van der Waals surface area (Å²) in [7, 11) is 0. The molecule has 80 valence electrons. The molecule has 0 saturated carbocycles. The van der Waals surface area contributed by atoms with E-state index in [0.717, 1.165) is 0 Å². The van der Waals surface area contributed by atoms with Gasteiger partial charge in [-0.3, -0.25) is 0 Å². The minimum Gasteiger partial charge on any atom is -0.0888 e. The molecule has 0 aliphatic carbocycles. The predicted molar refractivity (Wildman–Crippen MR) is 64.2 cm³/mol. The topological polar surface area (TPSA) is 0 Å². The lowest BCUT2D eigenvalue weighted by Gasteiger charge is -1.90. The molecule has 0 amide bonds. The van der Waals surface area contributed by atoms with E-state index in [0.29, 0.717) is 0 Å². The zero-order chi connectivity index (χ0) is 10.4. The van der Waals surface area contributed by atoms with E-state index >= 15 is 0 Å². The molecule has 0 bridgehead atoms. The Labute approximate surface area is 85.4 Å². The fourth-order valence-corrected chi connectivity index (χ4v) is 1.01. The molecule has 0 rings (SSSR count). The van der Waals surface area contributed by atoms with Gasteiger partial charge in [0.05, 0.1) is 0 Å². The van der Waals surface area contributed by atoms with Crippen LogP contribution in [0.25, 0.3) is 0 Å². The molecule has 0 heteroatoms. The Bertz CT molecular complexity index is 72.0. The number of rotatable bonds is 6. The van der Waals surface area contributed by atoms with Gasteiger partial charge >= 0.3 is 0 Å². The smallest absolute Gasteiger partial charge is 0.0379 e. The fourth-order valence-electron chi connectivity index (χ4n) is 1.01. The van der Waals surface area contributed by atoms with E-state index in [9.17, 15) is 0 Å². The highest BCUT2D eigenvalue weighted by molar-refractivity contribution is 4.77. The maximum absolute atomic E-state index is 2.25. The van der Waals surface area contributed by atoms with Crippen LogP contribution in [0.15, 0.2) is 12.2 Å². The Hall–Kier alpha value is -0.260. The lowest BCUT2D eigenvalue weighted by atomic mass is 10.2. The number of hydrogen-bond donors (Lipinski definition) is 0. The van der Waals surface area contributed by atoms with Gasteiger partial charge in [-0.2, -0.15) is 0 Å². The first-order valence-electron chi connectivity index (χ1n) is 5.98. The maximum Gasteiger partial charge on any atom is -0.0379 e. The molecule has 0 fully saturated rings. The van der Waals surface area contributed by atoms with Gasteiger partial charge in [0.2, 0.25) is 0 Å². The Morgan fingerprint density at radius 2 is 1.00 bits per heavy atom. The van der Waals surface area contributed by atoms with Crippen LogP contribution in [-0.2, 0) is 0 Å². The van der Waals surface area contributed by atoms with Crippen LogP contribution >= 0.6 is 0 Å². The molecule has 0 unspecified atom stereocenters. The third-order valence-electron chi connectivity index (χ3n) is 1.85. The van der Waals surface area contributed by atoms with Crippen molar-refractivity contribution < 1.29 is 0 Å². The number of unbranched alkanes of at least 4 members (excludes halogenated alkanes) is 4. The molecule has 0 radical (unpaired) electrons. The standard InChI is InChI=1S/C7H16.C6H12/c1-3-5-7-6-4-2;1-3-5-6-4-2/h3-7H2,1-2H3;5-6H,3-4H2,1-2H3. The summed E-state index contributed by atoms with van der Waals surface area (Å²) in [5.41, 5.74) is 0. The van der Waals surface area contributed by atoms with E-state index in [1.807, 2.05) is 0 Å². The molecule has 0 saturated heterocycles. The van der Waals surface area contributed by atoms with Gasteiger partial charge < -0.3 is 0 Å². The van der Waals surface area contributed by atoms with Crippen LogP contribution in [-0.4, -0.2) is 0 Å². The van der Waals surface area contributed by atoms with Gasteiger partial charge in [-0.15, -0.1) is 0 Å². The monoisotopic (exact) mass is 184 g/mol. The van der Waals surface area contributed by atoms with E-state index in [1.165, 1.54) is 44.9 Å². The number of allylic oxidation sites excluding steroid dienone is 2. The van der Waals surface area contributed by atoms with Crippen molar-refractivity contribution in [3.63, 3.8) is 0 Å². The SMILES string of the molecule is CCC=CCC.CCCCCCC. The maximum atomic E-state index is 2.25. The lowest BCUT2D eigenvalue weighted by Crippen LogP contribution is -1.70. The van der Waals surface area contributed by atoms with Gasteiger partial charge in [-0.1, -0.05) is 72.0 Å². The molecule has 0 N–H and O–H groups in total. The van der Waals surface area contributed by atoms with E-state index in [-0.39, 0.29) is 0 Å². The summed E-state index contributed by atoms with van der Waals surface area (Å²) in [6, 6.07) is 0. The Kier molecular flexibility index (Phi) is 20.8. The van der Waals surface area contributed by atoms with Crippen molar-refractivity contribution in [3.8, 4) is 0 Å².